The van der Waals surface area contributed by atoms with E-state index in [4.69, 9.17) is 14.0 Å². The molecule has 202 valence electrons. The third-order valence-corrected chi connectivity index (χ3v) is 6.79. The minimum Gasteiger partial charge on any atom is -0.481 e. The first-order valence-electron chi connectivity index (χ1n) is 12.8. The van der Waals surface area contributed by atoms with Gasteiger partial charge in [0, 0.05) is 53.7 Å². The van der Waals surface area contributed by atoms with Crippen LogP contribution in [0.4, 0.5) is 0 Å². The van der Waals surface area contributed by atoms with Gasteiger partial charge in [-0.2, -0.15) is 9.97 Å². The summed E-state index contributed by atoms with van der Waals surface area (Å²) in [6.45, 7) is 5.70. The van der Waals surface area contributed by atoms with Crippen molar-refractivity contribution < 1.29 is 14.0 Å². The minimum atomic E-state index is -0.401. The largest absolute Gasteiger partial charge is 0.481 e. The van der Waals surface area contributed by atoms with E-state index in [1.54, 1.807) is 51.9 Å². The van der Waals surface area contributed by atoms with Crippen LogP contribution in [0.25, 0.3) is 33.0 Å². The maximum absolute atomic E-state index is 13.4. The standard InChI is InChI=1S/C29H26N6O5/c1-16(2)34-28-20(9-11-22(31-28)38-4)25-21(40-33-26(25)29(34)37)14-17(3)35-24(36)12-8-18-7-10-23(32-27(18)35)39-19-6-5-13-30-15-19/h5-13,15-17H,14H2,1-4H3. The highest BCUT2D eigenvalue weighted by Crippen LogP contribution is 2.31. The Kier molecular flexibility index (Phi) is 6.25. The van der Waals surface area contributed by atoms with Crippen LogP contribution in [0.3, 0.4) is 0 Å². The molecule has 0 aliphatic carbocycles. The normalized spacial score (nSPS) is 12.4. The van der Waals surface area contributed by atoms with Gasteiger partial charge >= 0.3 is 0 Å². The molecule has 6 rings (SSSR count). The smallest absolute Gasteiger partial charge is 0.282 e. The molecule has 0 aromatic carbocycles. The quantitative estimate of drug-likeness (QED) is 0.281. The van der Waals surface area contributed by atoms with Crippen molar-refractivity contribution in [3.63, 3.8) is 0 Å². The zero-order chi connectivity index (χ0) is 28.0. The van der Waals surface area contributed by atoms with Crippen LogP contribution >= 0.6 is 0 Å². The second-order valence-corrected chi connectivity index (χ2v) is 9.77. The van der Waals surface area contributed by atoms with Crippen LogP contribution in [-0.4, -0.2) is 36.4 Å². The van der Waals surface area contributed by atoms with Crippen LogP contribution in [0.2, 0.25) is 0 Å². The van der Waals surface area contributed by atoms with Crippen molar-refractivity contribution >= 4 is 33.0 Å². The van der Waals surface area contributed by atoms with Gasteiger partial charge in [-0.15, -0.1) is 0 Å². The molecule has 11 nitrogen and oxygen atoms in total. The molecular formula is C29H26N6O5. The summed E-state index contributed by atoms with van der Waals surface area (Å²) in [6.07, 6.45) is 3.52. The second kappa shape index (κ2) is 9.92. The van der Waals surface area contributed by atoms with E-state index in [0.717, 1.165) is 5.39 Å². The van der Waals surface area contributed by atoms with E-state index < -0.39 is 6.04 Å². The molecule has 6 aromatic rings. The Hall–Kier alpha value is -5.06. The molecule has 0 aliphatic rings. The van der Waals surface area contributed by atoms with Crippen molar-refractivity contribution in [2.45, 2.75) is 39.3 Å². The van der Waals surface area contributed by atoms with E-state index in [0.29, 0.717) is 45.3 Å². The zero-order valence-electron chi connectivity index (χ0n) is 22.4. The third-order valence-electron chi connectivity index (χ3n) is 6.79. The van der Waals surface area contributed by atoms with E-state index in [2.05, 4.69) is 20.1 Å². The highest BCUT2D eigenvalue weighted by Gasteiger charge is 2.24. The van der Waals surface area contributed by atoms with Crippen LogP contribution in [0.15, 0.2) is 75.0 Å². The number of aromatic nitrogens is 6. The predicted molar refractivity (Wildman–Crippen MR) is 149 cm³/mol. The molecule has 11 heteroatoms. The average Bonchev–Trinajstić information content (AvgIpc) is 3.37. The molecule has 6 heterocycles. The summed E-state index contributed by atoms with van der Waals surface area (Å²) >= 11 is 0. The maximum atomic E-state index is 13.4. The van der Waals surface area contributed by atoms with Gasteiger partial charge in [0.25, 0.3) is 11.1 Å². The van der Waals surface area contributed by atoms with Gasteiger partial charge in [0.05, 0.1) is 18.7 Å². The van der Waals surface area contributed by atoms with Gasteiger partial charge in [0.2, 0.25) is 11.8 Å². The van der Waals surface area contributed by atoms with E-state index in [-0.39, 0.29) is 29.1 Å². The first-order valence-corrected chi connectivity index (χ1v) is 12.8. The molecule has 0 fully saturated rings. The van der Waals surface area contributed by atoms with E-state index >= 15 is 0 Å². The van der Waals surface area contributed by atoms with Crippen LogP contribution in [0.5, 0.6) is 17.5 Å². The van der Waals surface area contributed by atoms with Gasteiger partial charge in [-0.3, -0.25) is 23.7 Å². The maximum Gasteiger partial charge on any atom is 0.282 e. The first kappa shape index (κ1) is 25.2. The molecule has 0 radical (unpaired) electrons. The van der Waals surface area contributed by atoms with Crippen LogP contribution in [0.1, 0.15) is 38.6 Å². The predicted octanol–water partition coefficient (Wildman–Crippen LogP) is 4.83. The Labute approximate surface area is 227 Å². The lowest BCUT2D eigenvalue weighted by atomic mass is 10.1. The van der Waals surface area contributed by atoms with Crippen molar-refractivity contribution in [1.82, 2.24) is 29.2 Å². The summed E-state index contributed by atoms with van der Waals surface area (Å²) in [7, 11) is 1.53. The average molecular weight is 539 g/mol. The fourth-order valence-corrected chi connectivity index (χ4v) is 4.98. The highest BCUT2D eigenvalue weighted by atomic mass is 16.5. The lowest BCUT2D eigenvalue weighted by Gasteiger charge is -2.17. The van der Waals surface area contributed by atoms with Crippen molar-refractivity contribution in [2.24, 2.45) is 0 Å². The molecule has 0 bridgehead atoms. The Balaban J connectivity index is 1.46. The molecule has 6 aromatic heterocycles. The summed E-state index contributed by atoms with van der Waals surface area (Å²) in [5.74, 6) is 1.73. The number of nitrogens with zero attached hydrogens (tertiary/aromatic N) is 6. The van der Waals surface area contributed by atoms with Gasteiger partial charge in [0.15, 0.2) is 5.52 Å². The Morgan fingerprint density at radius 1 is 0.925 bits per heavy atom. The fraction of sp³-hybridized carbons (Fsp3) is 0.241. The molecule has 1 unspecified atom stereocenters. The molecule has 0 amide bonds. The van der Waals surface area contributed by atoms with Crippen molar-refractivity contribution in [3.8, 4) is 17.5 Å². The molecule has 0 spiro atoms. The monoisotopic (exact) mass is 538 g/mol. The number of ether oxygens (including phenoxy) is 2. The summed E-state index contributed by atoms with van der Waals surface area (Å²) in [5, 5.41) is 6.20. The molecule has 0 saturated carbocycles. The number of rotatable bonds is 7. The lowest BCUT2D eigenvalue weighted by Crippen LogP contribution is -2.25. The van der Waals surface area contributed by atoms with Gasteiger partial charge < -0.3 is 14.0 Å². The van der Waals surface area contributed by atoms with E-state index in [1.807, 2.05) is 32.9 Å². The number of methoxy groups -OCH3 is 1. The molecule has 1 atom stereocenters. The zero-order valence-corrected chi connectivity index (χ0v) is 22.4. The Morgan fingerprint density at radius 2 is 1.70 bits per heavy atom. The molecule has 40 heavy (non-hydrogen) atoms. The van der Waals surface area contributed by atoms with Gasteiger partial charge in [-0.05, 0) is 51.1 Å². The summed E-state index contributed by atoms with van der Waals surface area (Å²) in [4.78, 5) is 39.9. The van der Waals surface area contributed by atoms with Crippen LogP contribution in [-0.2, 0) is 6.42 Å². The van der Waals surface area contributed by atoms with Crippen molar-refractivity contribution in [1.29, 1.82) is 0 Å². The van der Waals surface area contributed by atoms with Gasteiger partial charge in [-0.1, -0.05) is 5.16 Å². The van der Waals surface area contributed by atoms with E-state index in [9.17, 15) is 9.59 Å². The summed E-state index contributed by atoms with van der Waals surface area (Å²) < 4.78 is 20.1. The number of pyridine rings is 5. The number of fused-ring (bicyclic) bond motifs is 4. The minimum absolute atomic E-state index is 0.165. The summed E-state index contributed by atoms with van der Waals surface area (Å²) in [5.41, 5.74) is 0.620. The first-order chi connectivity index (χ1) is 19.4. The van der Waals surface area contributed by atoms with Crippen molar-refractivity contribution in [3.05, 3.63) is 87.4 Å². The molecular weight excluding hydrogens is 512 g/mol. The molecule has 0 aliphatic heterocycles. The van der Waals surface area contributed by atoms with Crippen molar-refractivity contribution in [2.75, 3.05) is 7.11 Å². The SMILES string of the molecule is COc1ccc2c3c(CC(C)n4c(=O)ccc5ccc(Oc6cccnc6)nc54)onc3c(=O)n(C(C)C)c2n1. The second-order valence-electron chi connectivity index (χ2n) is 9.77. The molecule has 0 saturated heterocycles. The van der Waals surface area contributed by atoms with Crippen LogP contribution in [0, 0.1) is 0 Å². The van der Waals surface area contributed by atoms with Crippen LogP contribution < -0.4 is 20.6 Å². The third kappa shape index (κ3) is 4.25. The summed E-state index contributed by atoms with van der Waals surface area (Å²) in [6, 6.07) is 13.4. The molecule has 0 N–H and O–H groups in total. The van der Waals surface area contributed by atoms with E-state index in [1.165, 1.54) is 13.2 Å². The highest BCUT2D eigenvalue weighted by molar-refractivity contribution is 6.04. The lowest BCUT2D eigenvalue weighted by molar-refractivity contribution is 0.368. The fourth-order valence-electron chi connectivity index (χ4n) is 4.98. The Morgan fingerprint density at radius 3 is 2.45 bits per heavy atom. The number of hydrogen-bond donors (Lipinski definition) is 0. The van der Waals surface area contributed by atoms with Gasteiger partial charge in [-0.25, -0.2) is 0 Å². The Bertz CT molecular complexity index is 1990. The number of hydrogen-bond acceptors (Lipinski definition) is 9. The topological polar surface area (TPSA) is 127 Å². The van der Waals surface area contributed by atoms with Gasteiger partial charge in [0.1, 0.15) is 22.8 Å².